The van der Waals surface area contributed by atoms with Gasteiger partial charge in [0.2, 0.25) is 5.95 Å². The van der Waals surface area contributed by atoms with Crippen molar-refractivity contribution in [2.24, 2.45) is 0 Å². The van der Waals surface area contributed by atoms with Crippen molar-refractivity contribution < 1.29 is 0 Å². The number of aromatic nitrogens is 3. The standard InChI is InChI=1S/C38H25N3/c1-3-13-24(4-2)31-23-32(25-14-6-5-7-15-25)40-38(39-31)41-33-21-12-20-30-28-18-10-11-19-29(28)35-27-17-9-8-16-26(27)22-34(41)37(35)36(30)33/h3-23H,1-2H2/b24-13+. The van der Waals surface area contributed by atoms with Crippen LogP contribution in [-0.4, -0.2) is 14.5 Å². The summed E-state index contributed by atoms with van der Waals surface area (Å²) < 4.78 is 2.24. The number of hydrogen-bond acceptors (Lipinski definition) is 2. The summed E-state index contributed by atoms with van der Waals surface area (Å²) in [6, 6.07) is 38.6. The zero-order valence-corrected chi connectivity index (χ0v) is 22.4. The maximum absolute atomic E-state index is 5.20. The lowest BCUT2D eigenvalue weighted by Gasteiger charge is -2.12. The largest absolute Gasteiger partial charge is 0.278 e. The first kappa shape index (κ1) is 23.4. The van der Waals surface area contributed by atoms with Gasteiger partial charge in [-0.3, -0.25) is 4.57 Å². The second-order valence-corrected chi connectivity index (χ2v) is 10.3. The Labute approximate surface area is 237 Å². The van der Waals surface area contributed by atoms with E-state index >= 15 is 0 Å². The molecule has 8 aromatic rings. The highest BCUT2D eigenvalue weighted by Crippen LogP contribution is 2.46. The maximum Gasteiger partial charge on any atom is 0.235 e. The van der Waals surface area contributed by atoms with Gasteiger partial charge in [0.15, 0.2) is 0 Å². The van der Waals surface area contributed by atoms with Crippen LogP contribution >= 0.6 is 0 Å². The zero-order chi connectivity index (χ0) is 27.5. The van der Waals surface area contributed by atoms with Crippen molar-refractivity contribution in [3.05, 3.63) is 146 Å². The third kappa shape index (κ3) is 3.39. The minimum atomic E-state index is 0.627. The smallest absolute Gasteiger partial charge is 0.235 e. The third-order valence-electron chi connectivity index (χ3n) is 8.09. The molecule has 0 aliphatic heterocycles. The molecule has 0 aliphatic rings. The molecular formula is C38H25N3. The van der Waals surface area contributed by atoms with E-state index in [4.69, 9.17) is 9.97 Å². The summed E-state index contributed by atoms with van der Waals surface area (Å²) in [5.41, 5.74) is 5.77. The first-order valence-corrected chi connectivity index (χ1v) is 13.8. The van der Waals surface area contributed by atoms with Crippen LogP contribution in [0.2, 0.25) is 0 Å². The van der Waals surface area contributed by atoms with Gasteiger partial charge in [0.25, 0.3) is 0 Å². The molecule has 0 atom stereocenters. The van der Waals surface area contributed by atoms with Crippen molar-refractivity contribution in [3.8, 4) is 17.2 Å². The zero-order valence-electron chi connectivity index (χ0n) is 22.4. The normalized spacial score (nSPS) is 12.2. The molecule has 0 unspecified atom stereocenters. The van der Waals surface area contributed by atoms with Crippen LogP contribution in [0.1, 0.15) is 5.69 Å². The Hall–Kier alpha value is -5.54. The molecule has 0 aliphatic carbocycles. The van der Waals surface area contributed by atoms with Crippen LogP contribution in [0.3, 0.4) is 0 Å². The summed E-state index contributed by atoms with van der Waals surface area (Å²) in [6.45, 7) is 7.97. The van der Waals surface area contributed by atoms with Crippen LogP contribution in [0.15, 0.2) is 141 Å². The summed E-state index contributed by atoms with van der Waals surface area (Å²) in [6.07, 6.45) is 5.53. The predicted octanol–water partition coefficient (Wildman–Crippen LogP) is 9.89. The van der Waals surface area contributed by atoms with E-state index < -0.39 is 0 Å². The van der Waals surface area contributed by atoms with Crippen molar-refractivity contribution in [2.75, 3.05) is 0 Å². The second-order valence-electron chi connectivity index (χ2n) is 10.3. The highest BCUT2D eigenvalue weighted by atomic mass is 15.2. The van der Waals surface area contributed by atoms with E-state index in [-0.39, 0.29) is 0 Å². The summed E-state index contributed by atoms with van der Waals surface area (Å²) in [4.78, 5) is 10.4. The quantitative estimate of drug-likeness (QED) is 0.166. The molecule has 0 bridgehead atoms. The van der Waals surface area contributed by atoms with Crippen molar-refractivity contribution in [2.45, 2.75) is 0 Å². The van der Waals surface area contributed by atoms with Gasteiger partial charge in [0.05, 0.1) is 22.4 Å². The van der Waals surface area contributed by atoms with Crippen LogP contribution in [0, 0.1) is 0 Å². The van der Waals surface area contributed by atoms with E-state index in [0.717, 1.165) is 33.6 Å². The number of rotatable bonds is 5. The molecule has 2 heterocycles. The molecule has 0 saturated heterocycles. The third-order valence-corrected chi connectivity index (χ3v) is 8.09. The Morgan fingerprint density at radius 1 is 0.610 bits per heavy atom. The van der Waals surface area contributed by atoms with Crippen molar-refractivity contribution in [3.63, 3.8) is 0 Å². The molecule has 192 valence electrons. The fraction of sp³-hybridized carbons (Fsp3) is 0. The predicted molar refractivity (Wildman–Crippen MR) is 174 cm³/mol. The van der Waals surface area contributed by atoms with E-state index in [1.165, 1.54) is 43.1 Å². The van der Waals surface area contributed by atoms with Gasteiger partial charge in [-0.05, 0) is 50.7 Å². The Morgan fingerprint density at radius 3 is 2.12 bits per heavy atom. The molecule has 6 aromatic carbocycles. The second kappa shape index (κ2) is 9.00. The molecule has 3 nitrogen and oxygen atoms in total. The van der Waals surface area contributed by atoms with Crippen LogP contribution in [0.5, 0.6) is 0 Å². The molecule has 8 rings (SSSR count). The Kier molecular flexibility index (Phi) is 5.13. The number of allylic oxidation sites excluding steroid dienone is 4. The topological polar surface area (TPSA) is 30.7 Å². The van der Waals surface area contributed by atoms with Crippen LogP contribution < -0.4 is 0 Å². The maximum atomic E-state index is 5.20. The number of fused-ring (bicyclic) bond motifs is 5. The minimum absolute atomic E-state index is 0.627. The molecule has 3 heteroatoms. The summed E-state index contributed by atoms with van der Waals surface area (Å²) >= 11 is 0. The van der Waals surface area contributed by atoms with Gasteiger partial charge in [-0.2, -0.15) is 0 Å². The summed E-state index contributed by atoms with van der Waals surface area (Å²) in [5.74, 6) is 0.627. The monoisotopic (exact) mass is 523 g/mol. The average molecular weight is 524 g/mol. The molecule has 0 N–H and O–H groups in total. The first-order valence-electron chi connectivity index (χ1n) is 13.8. The SMILES string of the molecule is C=C/C=C(\C=C)c1cc(-c2ccccc2)nc(-n2c3cccc4c5ccccc5c5c6ccccc6cc2c5c43)n1. The van der Waals surface area contributed by atoms with Gasteiger partial charge in [-0.1, -0.05) is 122 Å². The van der Waals surface area contributed by atoms with E-state index in [1.807, 2.05) is 36.4 Å². The average Bonchev–Trinajstić information content (AvgIpc) is 3.37. The first-order chi connectivity index (χ1) is 20.3. The molecule has 0 radical (unpaired) electrons. The van der Waals surface area contributed by atoms with Gasteiger partial charge in [-0.25, -0.2) is 9.97 Å². The number of nitrogens with zero attached hydrogens (tertiary/aromatic N) is 3. The van der Waals surface area contributed by atoms with Crippen LogP contribution in [-0.2, 0) is 0 Å². The molecule has 0 fully saturated rings. The van der Waals surface area contributed by atoms with Crippen molar-refractivity contribution >= 4 is 59.7 Å². The Bertz CT molecular complexity index is 2330. The Morgan fingerprint density at radius 2 is 1.32 bits per heavy atom. The van der Waals surface area contributed by atoms with Crippen molar-refractivity contribution in [1.82, 2.24) is 14.5 Å². The lowest BCUT2D eigenvalue weighted by atomic mass is 9.91. The summed E-state index contributed by atoms with van der Waals surface area (Å²) in [7, 11) is 0. The Balaban J connectivity index is 1.59. The van der Waals surface area contributed by atoms with Crippen molar-refractivity contribution in [1.29, 1.82) is 0 Å². The van der Waals surface area contributed by atoms with E-state index in [1.54, 1.807) is 6.08 Å². The van der Waals surface area contributed by atoms with Crippen LogP contribution in [0.4, 0.5) is 0 Å². The summed E-state index contributed by atoms with van der Waals surface area (Å²) in [5, 5.41) is 9.95. The van der Waals surface area contributed by atoms with E-state index in [2.05, 4.69) is 103 Å². The van der Waals surface area contributed by atoms with E-state index in [0.29, 0.717) is 5.95 Å². The lowest BCUT2D eigenvalue weighted by Crippen LogP contribution is -2.05. The fourth-order valence-electron chi connectivity index (χ4n) is 6.36. The fourth-order valence-corrected chi connectivity index (χ4v) is 6.36. The molecular weight excluding hydrogens is 498 g/mol. The minimum Gasteiger partial charge on any atom is -0.278 e. The molecule has 41 heavy (non-hydrogen) atoms. The van der Waals surface area contributed by atoms with Gasteiger partial charge >= 0.3 is 0 Å². The molecule has 0 amide bonds. The highest BCUT2D eigenvalue weighted by molar-refractivity contribution is 6.39. The number of benzene rings is 6. The van der Waals surface area contributed by atoms with Crippen LogP contribution in [0.25, 0.3) is 76.9 Å². The molecule has 0 spiro atoms. The molecule has 0 saturated carbocycles. The molecule has 2 aromatic heterocycles. The van der Waals surface area contributed by atoms with Gasteiger partial charge in [0, 0.05) is 21.7 Å². The van der Waals surface area contributed by atoms with Gasteiger partial charge in [0.1, 0.15) is 0 Å². The van der Waals surface area contributed by atoms with Gasteiger partial charge < -0.3 is 0 Å². The number of hydrogen-bond donors (Lipinski definition) is 0. The van der Waals surface area contributed by atoms with Gasteiger partial charge in [-0.15, -0.1) is 0 Å². The lowest BCUT2D eigenvalue weighted by molar-refractivity contribution is 0.984. The highest BCUT2D eigenvalue weighted by Gasteiger charge is 2.23. The van der Waals surface area contributed by atoms with E-state index in [9.17, 15) is 0 Å².